The minimum Gasteiger partial charge on any atom is -0.481 e. The van der Waals surface area contributed by atoms with Crippen LogP contribution in [0.25, 0.3) is 0 Å². The van der Waals surface area contributed by atoms with Crippen molar-refractivity contribution in [2.45, 2.75) is 57.9 Å². The average Bonchev–Trinajstić information content (AvgIpc) is 2.68. The normalized spacial score (nSPS) is 23.7. The molecule has 146 valence electrons. The maximum Gasteiger partial charge on any atom is 0.308 e. The van der Waals surface area contributed by atoms with Crippen LogP contribution in [0, 0.1) is 11.8 Å². The number of hydrogen-bond acceptors (Lipinski definition) is 3. The van der Waals surface area contributed by atoms with Gasteiger partial charge in [0.05, 0.1) is 5.92 Å². The number of benzene rings is 1. The highest BCUT2D eigenvalue weighted by Gasteiger charge is 2.33. The second-order valence-electron chi connectivity index (χ2n) is 7.82. The van der Waals surface area contributed by atoms with Crippen LogP contribution in [0.4, 0.5) is 5.69 Å². The van der Waals surface area contributed by atoms with Gasteiger partial charge in [-0.2, -0.15) is 0 Å². The molecule has 2 aliphatic rings. The van der Waals surface area contributed by atoms with Crippen molar-refractivity contribution in [3.8, 4) is 0 Å². The van der Waals surface area contributed by atoms with E-state index < -0.39 is 11.9 Å². The second kappa shape index (κ2) is 8.55. The van der Waals surface area contributed by atoms with E-state index in [2.05, 4.69) is 5.32 Å². The molecule has 0 bridgehead atoms. The highest BCUT2D eigenvalue weighted by molar-refractivity contribution is 5.98. The van der Waals surface area contributed by atoms with Gasteiger partial charge in [-0.15, -0.1) is 0 Å². The predicted molar refractivity (Wildman–Crippen MR) is 103 cm³/mol. The van der Waals surface area contributed by atoms with Gasteiger partial charge in [-0.05, 0) is 50.8 Å². The Kier molecular flexibility index (Phi) is 6.14. The van der Waals surface area contributed by atoms with Crippen LogP contribution in [-0.2, 0) is 9.59 Å². The number of hydrogen-bond donors (Lipinski definition) is 2. The van der Waals surface area contributed by atoms with Gasteiger partial charge < -0.3 is 15.3 Å². The Balaban J connectivity index is 1.69. The lowest BCUT2D eigenvalue weighted by Gasteiger charge is -2.36. The molecule has 2 atom stereocenters. The Morgan fingerprint density at radius 3 is 2.48 bits per heavy atom. The van der Waals surface area contributed by atoms with Gasteiger partial charge in [0.25, 0.3) is 5.91 Å². The molecule has 3 rings (SSSR count). The standard InChI is InChI=1S/C21H28N2O4/c1-14-10-11-17(21(26)27)13-23(14)20(25)16-8-5-9-18(12-16)22-19(24)15-6-3-2-4-7-15/h5,8-9,12,14-15,17H,2-4,6-7,10-11,13H2,1H3,(H,22,24)(H,26,27). The molecule has 6 nitrogen and oxygen atoms in total. The van der Waals surface area contributed by atoms with Gasteiger partial charge in [-0.1, -0.05) is 25.3 Å². The van der Waals surface area contributed by atoms with Crippen molar-refractivity contribution in [1.82, 2.24) is 4.90 Å². The van der Waals surface area contributed by atoms with Crippen molar-refractivity contribution < 1.29 is 19.5 Å². The Morgan fingerprint density at radius 2 is 1.78 bits per heavy atom. The van der Waals surface area contributed by atoms with E-state index in [9.17, 15) is 19.5 Å². The van der Waals surface area contributed by atoms with E-state index >= 15 is 0 Å². The third kappa shape index (κ3) is 4.67. The molecule has 1 aromatic carbocycles. The zero-order valence-corrected chi connectivity index (χ0v) is 15.8. The first-order chi connectivity index (χ1) is 13.0. The fourth-order valence-electron chi connectivity index (χ4n) is 4.10. The molecule has 2 fully saturated rings. The van der Waals surface area contributed by atoms with Crippen LogP contribution in [-0.4, -0.2) is 40.4 Å². The van der Waals surface area contributed by atoms with Crippen molar-refractivity contribution in [3.63, 3.8) is 0 Å². The summed E-state index contributed by atoms with van der Waals surface area (Å²) in [6, 6.07) is 6.97. The highest BCUT2D eigenvalue weighted by atomic mass is 16.4. The molecule has 1 aromatic rings. The van der Waals surface area contributed by atoms with Crippen molar-refractivity contribution in [3.05, 3.63) is 29.8 Å². The molecule has 2 unspecified atom stereocenters. The van der Waals surface area contributed by atoms with E-state index in [0.29, 0.717) is 24.1 Å². The van der Waals surface area contributed by atoms with E-state index in [4.69, 9.17) is 0 Å². The van der Waals surface area contributed by atoms with E-state index in [1.165, 1.54) is 6.42 Å². The molecule has 0 aromatic heterocycles. The zero-order chi connectivity index (χ0) is 19.4. The first-order valence-corrected chi connectivity index (χ1v) is 9.90. The molecule has 1 saturated carbocycles. The van der Waals surface area contributed by atoms with Gasteiger partial charge >= 0.3 is 5.97 Å². The number of piperidine rings is 1. The zero-order valence-electron chi connectivity index (χ0n) is 15.8. The van der Waals surface area contributed by atoms with Crippen LogP contribution in [0.3, 0.4) is 0 Å². The van der Waals surface area contributed by atoms with E-state index in [-0.39, 0.29) is 30.3 Å². The van der Waals surface area contributed by atoms with Gasteiger partial charge in [0.15, 0.2) is 0 Å². The molecule has 1 aliphatic carbocycles. The first kappa shape index (κ1) is 19.4. The Hall–Kier alpha value is -2.37. The number of carbonyl (C=O) groups is 3. The number of nitrogens with one attached hydrogen (secondary N) is 1. The number of carbonyl (C=O) groups excluding carboxylic acids is 2. The Bertz CT molecular complexity index is 712. The van der Waals surface area contributed by atoms with Crippen molar-refractivity contribution in [2.75, 3.05) is 11.9 Å². The summed E-state index contributed by atoms with van der Waals surface area (Å²) in [5.41, 5.74) is 1.10. The quantitative estimate of drug-likeness (QED) is 0.846. The summed E-state index contributed by atoms with van der Waals surface area (Å²) >= 11 is 0. The van der Waals surface area contributed by atoms with Gasteiger partial charge in [-0.25, -0.2) is 0 Å². The average molecular weight is 372 g/mol. The maximum absolute atomic E-state index is 12.9. The van der Waals surface area contributed by atoms with E-state index in [1.54, 1.807) is 29.2 Å². The van der Waals surface area contributed by atoms with Crippen molar-refractivity contribution in [2.24, 2.45) is 11.8 Å². The molecular formula is C21H28N2O4. The number of likely N-dealkylation sites (tertiary alicyclic amines) is 1. The molecule has 1 aliphatic heterocycles. The van der Waals surface area contributed by atoms with E-state index in [0.717, 1.165) is 25.7 Å². The lowest BCUT2D eigenvalue weighted by atomic mass is 9.88. The summed E-state index contributed by atoms with van der Waals surface area (Å²) in [5.74, 6) is -1.47. The van der Waals surface area contributed by atoms with Crippen LogP contribution in [0.1, 0.15) is 62.2 Å². The number of aliphatic carboxylic acids is 1. The molecule has 1 saturated heterocycles. The Labute approximate surface area is 159 Å². The van der Waals surface area contributed by atoms with Gasteiger partial charge in [0, 0.05) is 29.8 Å². The fourth-order valence-corrected chi connectivity index (χ4v) is 4.10. The van der Waals surface area contributed by atoms with Crippen molar-refractivity contribution in [1.29, 1.82) is 0 Å². The molecule has 2 N–H and O–H groups in total. The third-order valence-electron chi connectivity index (χ3n) is 5.85. The van der Waals surface area contributed by atoms with E-state index in [1.807, 2.05) is 6.92 Å². The molecule has 27 heavy (non-hydrogen) atoms. The van der Waals surface area contributed by atoms with Gasteiger partial charge in [0.2, 0.25) is 5.91 Å². The summed E-state index contributed by atoms with van der Waals surface area (Å²) < 4.78 is 0. The van der Waals surface area contributed by atoms with Crippen LogP contribution in [0.2, 0.25) is 0 Å². The number of anilines is 1. The summed E-state index contributed by atoms with van der Waals surface area (Å²) in [4.78, 5) is 38.3. The smallest absolute Gasteiger partial charge is 0.308 e. The number of carboxylic acids is 1. The van der Waals surface area contributed by atoms with Crippen LogP contribution >= 0.6 is 0 Å². The van der Waals surface area contributed by atoms with Gasteiger partial charge in [0.1, 0.15) is 0 Å². The molecule has 0 spiro atoms. The number of rotatable bonds is 4. The Morgan fingerprint density at radius 1 is 1.04 bits per heavy atom. The van der Waals surface area contributed by atoms with Crippen molar-refractivity contribution >= 4 is 23.5 Å². The molecule has 1 heterocycles. The van der Waals surface area contributed by atoms with Crippen LogP contribution in [0.15, 0.2) is 24.3 Å². The fraction of sp³-hybridized carbons (Fsp3) is 0.571. The molecular weight excluding hydrogens is 344 g/mol. The molecule has 0 radical (unpaired) electrons. The summed E-state index contributed by atoms with van der Waals surface area (Å²) in [5, 5.41) is 12.2. The lowest BCUT2D eigenvalue weighted by Crippen LogP contribution is -2.47. The molecule has 2 amide bonds. The minimum atomic E-state index is -0.854. The minimum absolute atomic E-state index is 0.00795. The van der Waals surface area contributed by atoms with Crippen LogP contribution in [0.5, 0.6) is 0 Å². The maximum atomic E-state index is 12.9. The topological polar surface area (TPSA) is 86.7 Å². The SMILES string of the molecule is CC1CCC(C(=O)O)CN1C(=O)c1cccc(NC(=O)C2CCCCC2)c1. The lowest BCUT2D eigenvalue weighted by molar-refractivity contribution is -0.143. The number of nitrogens with zero attached hydrogens (tertiary/aromatic N) is 1. The highest BCUT2D eigenvalue weighted by Crippen LogP contribution is 2.27. The first-order valence-electron chi connectivity index (χ1n) is 9.90. The summed E-state index contributed by atoms with van der Waals surface area (Å²) in [6.07, 6.45) is 6.50. The largest absolute Gasteiger partial charge is 0.481 e. The van der Waals surface area contributed by atoms with Gasteiger partial charge in [-0.3, -0.25) is 14.4 Å². The monoisotopic (exact) mass is 372 g/mol. The molecule has 6 heteroatoms. The van der Waals surface area contributed by atoms with Crippen LogP contribution < -0.4 is 5.32 Å². The summed E-state index contributed by atoms with van der Waals surface area (Å²) in [6.45, 7) is 2.18. The second-order valence-corrected chi connectivity index (χ2v) is 7.82. The third-order valence-corrected chi connectivity index (χ3v) is 5.85. The predicted octanol–water partition coefficient (Wildman–Crippen LogP) is 3.53. The number of amides is 2. The number of carboxylic acid groups (broad SMARTS) is 1. The summed E-state index contributed by atoms with van der Waals surface area (Å²) in [7, 11) is 0.